The molecule has 0 aromatic heterocycles. The number of nitrogens with zero attached hydrogens (tertiary/aromatic N) is 2. The van der Waals surface area contributed by atoms with Gasteiger partial charge in [-0.2, -0.15) is 0 Å². The van der Waals surface area contributed by atoms with Gasteiger partial charge in [0.1, 0.15) is 0 Å². The lowest BCUT2D eigenvalue weighted by Crippen LogP contribution is -2.32. The van der Waals surface area contributed by atoms with Gasteiger partial charge in [0.2, 0.25) is 0 Å². The maximum atomic E-state index is 2.56. The molecule has 0 spiro atoms. The molecule has 1 rings (SSSR count). The maximum absolute atomic E-state index is 2.56. The molecule has 84 valence electrons. The van der Waals surface area contributed by atoms with Crippen molar-refractivity contribution in [1.29, 1.82) is 0 Å². The van der Waals surface area contributed by atoms with Gasteiger partial charge in [-0.3, -0.25) is 0 Å². The Morgan fingerprint density at radius 1 is 1.07 bits per heavy atom. The van der Waals surface area contributed by atoms with Crippen LogP contribution < -0.4 is 0 Å². The summed E-state index contributed by atoms with van der Waals surface area (Å²) in [6, 6.07) is 0. The highest BCUT2D eigenvalue weighted by molar-refractivity contribution is 4.83. The Hall–Kier alpha value is -0.0800. The predicted octanol–water partition coefficient (Wildman–Crippen LogP) is 1.92. The van der Waals surface area contributed by atoms with E-state index >= 15 is 0 Å². The minimum Gasteiger partial charge on any atom is -0.306 e. The summed E-state index contributed by atoms with van der Waals surface area (Å²) < 4.78 is 0. The summed E-state index contributed by atoms with van der Waals surface area (Å²) in [6.07, 6.45) is 1.34. The molecule has 2 heteroatoms. The van der Waals surface area contributed by atoms with Crippen LogP contribution in [-0.2, 0) is 0 Å². The highest BCUT2D eigenvalue weighted by Crippen LogP contribution is 2.25. The Morgan fingerprint density at radius 3 is 2.14 bits per heavy atom. The molecule has 1 heterocycles. The molecule has 2 unspecified atom stereocenters. The third-order valence-corrected chi connectivity index (χ3v) is 3.67. The van der Waals surface area contributed by atoms with Crippen LogP contribution in [0.25, 0.3) is 0 Å². The number of hydrogen-bond donors (Lipinski definition) is 0. The Labute approximate surface area is 89.3 Å². The van der Waals surface area contributed by atoms with E-state index in [1.165, 1.54) is 39.1 Å². The van der Waals surface area contributed by atoms with Crippen molar-refractivity contribution in [2.45, 2.75) is 27.2 Å². The molecule has 1 aliphatic heterocycles. The van der Waals surface area contributed by atoms with Gasteiger partial charge < -0.3 is 9.80 Å². The summed E-state index contributed by atoms with van der Waals surface area (Å²) in [5, 5.41) is 0. The van der Waals surface area contributed by atoms with E-state index in [0.717, 1.165) is 11.8 Å². The topological polar surface area (TPSA) is 6.48 Å². The Kier molecular flexibility index (Phi) is 4.90. The summed E-state index contributed by atoms with van der Waals surface area (Å²) >= 11 is 0. The van der Waals surface area contributed by atoms with Crippen LogP contribution in [0.4, 0.5) is 0 Å². The van der Waals surface area contributed by atoms with Gasteiger partial charge >= 0.3 is 0 Å². The molecule has 0 aliphatic carbocycles. The molecule has 0 amide bonds. The minimum absolute atomic E-state index is 0.907. The molecule has 0 N–H and O–H groups in total. The largest absolute Gasteiger partial charge is 0.306 e. The molecule has 14 heavy (non-hydrogen) atoms. The van der Waals surface area contributed by atoms with E-state index in [0.29, 0.717) is 0 Å². The number of hydrogen-bond acceptors (Lipinski definition) is 2. The lowest BCUT2D eigenvalue weighted by Gasteiger charge is -2.25. The van der Waals surface area contributed by atoms with Crippen molar-refractivity contribution in [2.24, 2.45) is 11.8 Å². The van der Waals surface area contributed by atoms with Gasteiger partial charge in [-0.05, 0) is 32.0 Å². The van der Waals surface area contributed by atoms with Crippen LogP contribution in [-0.4, -0.2) is 49.6 Å². The molecular weight excluding hydrogens is 172 g/mol. The first-order chi connectivity index (χ1) is 6.71. The highest BCUT2D eigenvalue weighted by atomic mass is 15.2. The van der Waals surface area contributed by atoms with Crippen molar-refractivity contribution in [2.75, 3.05) is 39.8 Å². The van der Waals surface area contributed by atoms with E-state index in [1.54, 1.807) is 0 Å². The molecule has 1 saturated heterocycles. The first-order valence-electron chi connectivity index (χ1n) is 6.12. The fraction of sp³-hybridized carbons (Fsp3) is 1.00. The van der Waals surface area contributed by atoms with Gasteiger partial charge in [-0.25, -0.2) is 0 Å². The summed E-state index contributed by atoms with van der Waals surface area (Å²) in [4.78, 5) is 5.05. The van der Waals surface area contributed by atoms with Crippen LogP contribution in [0, 0.1) is 11.8 Å². The normalized spacial score (nSPS) is 28.9. The number of rotatable bonds is 5. The average Bonchev–Trinajstić information content (AvgIpc) is 2.55. The molecule has 1 fully saturated rings. The molecular formula is C12H26N2. The molecule has 2 atom stereocenters. The smallest absolute Gasteiger partial charge is 0.00248 e. The molecule has 0 radical (unpaired) electrons. The van der Waals surface area contributed by atoms with Gasteiger partial charge in [-0.15, -0.1) is 0 Å². The van der Waals surface area contributed by atoms with Crippen molar-refractivity contribution < 1.29 is 0 Å². The zero-order valence-electron chi connectivity index (χ0n) is 10.3. The standard InChI is InChI=1S/C12H26N2/c1-5-11-8-13(4)9-12(11)10-14(6-2)7-3/h11-12H,5-10H2,1-4H3. The predicted molar refractivity (Wildman–Crippen MR) is 62.6 cm³/mol. The van der Waals surface area contributed by atoms with E-state index in [2.05, 4.69) is 37.6 Å². The van der Waals surface area contributed by atoms with Crippen LogP contribution in [0.5, 0.6) is 0 Å². The van der Waals surface area contributed by atoms with Crippen molar-refractivity contribution in [3.05, 3.63) is 0 Å². The fourth-order valence-corrected chi connectivity index (χ4v) is 2.66. The summed E-state index contributed by atoms with van der Waals surface area (Å²) in [7, 11) is 2.25. The average molecular weight is 198 g/mol. The highest BCUT2D eigenvalue weighted by Gasteiger charge is 2.29. The van der Waals surface area contributed by atoms with E-state index in [9.17, 15) is 0 Å². The fourth-order valence-electron chi connectivity index (χ4n) is 2.66. The van der Waals surface area contributed by atoms with Crippen LogP contribution in [0.15, 0.2) is 0 Å². The SMILES string of the molecule is CCC1CN(C)CC1CN(CC)CC. The van der Waals surface area contributed by atoms with Gasteiger partial charge in [0.15, 0.2) is 0 Å². The molecule has 0 saturated carbocycles. The first kappa shape index (κ1) is 12.0. The van der Waals surface area contributed by atoms with Crippen molar-refractivity contribution in [3.63, 3.8) is 0 Å². The minimum atomic E-state index is 0.907. The van der Waals surface area contributed by atoms with E-state index in [-0.39, 0.29) is 0 Å². The van der Waals surface area contributed by atoms with Gasteiger partial charge in [0, 0.05) is 19.6 Å². The van der Waals surface area contributed by atoms with Crippen LogP contribution >= 0.6 is 0 Å². The van der Waals surface area contributed by atoms with Gasteiger partial charge in [0.25, 0.3) is 0 Å². The van der Waals surface area contributed by atoms with Crippen molar-refractivity contribution >= 4 is 0 Å². The third-order valence-electron chi connectivity index (χ3n) is 3.67. The molecule has 0 aromatic carbocycles. The van der Waals surface area contributed by atoms with E-state index in [4.69, 9.17) is 0 Å². The van der Waals surface area contributed by atoms with Gasteiger partial charge in [0.05, 0.1) is 0 Å². The quantitative estimate of drug-likeness (QED) is 0.666. The Balaban J connectivity index is 2.42. The summed E-state index contributed by atoms with van der Waals surface area (Å²) in [6.45, 7) is 13.2. The third kappa shape index (κ3) is 2.96. The molecule has 0 aromatic rings. The van der Waals surface area contributed by atoms with Crippen LogP contribution in [0.1, 0.15) is 27.2 Å². The monoisotopic (exact) mass is 198 g/mol. The number of likely N-dealkylation sites (tertiary alicyclic amines) is 1. The first-order valence-corrected chi connectivity index (χ1v) is 6.12. The zero-order chi connectivity index (χ0) is 10.6. The van der Waals surface area contributed by atoms with Crippen molar-refractivity contribution in [1.82, 2.24) is 9.80 Å². The lowest BCUT2D eigenvalue weighted by atomic mass is 9.93. The van der Waals surface area contributed by atoms with Crippen LogP contribution in [0.3, 0.4) is 0 Å². The van der Waals surface area contributed by atoms with Crippen molar-refractivity contribution in [3.8, 4) is 0 Å². The summed E-state index contributed by atoms with van der Waals surface area (Å²) in [5.74, 6) is 1.84. The van der Waals surface area contributed by atoms with E-state index < -0.39 is 0 Å². The maximum Gasteiger partial charge on any atom is 0.00248 e. The van der Waals surface area contributed by atoms with E-state index in [1.807, 2.05) is 0 Å². The molecule has 0 bridgehead atoms. The Bertz CT molecular complexity index is 154. The second kappa shape index (κ2) is 5.72. The lowest BCUT2D eigenvalue weighted by molar-refractivity contribution is 0.227. The zero-order valence-corrected chi connectivity index (χ0v) is 10.3. The Morgan fingerprint density at radius 2 is 1.64 bits per heavy atom. The van der Waals surface area contributed by atoms with Gasteiger partial charge in [-0.1, -0.05) is 27.2 Å². The summed E-state index contributed by atoms with van der Waals surface area (Å²) in [5.41, 5.74) is 0. The molecule has 2 nitrogen and oxygen atoms in total. The second-order valence-electron chi connectivity index (χ2n) is 4.64. The second-order valence-corrected chi connectivity index (χ2v) is 4.64. The molecule has 1 aliphatic rings. The van der Waals surface area contributed by atoms with Crippen LogP contribution in [0.2, 0.25) is 0 Å².